The van der Waals surface area contributed by atoms with E-state index in [0.717, 1.165) is 0 Å². The Morgan fingerprint density at radius 3 is 2.85 bits per heavy atom. The van der Waals surface area contributed by atoms with Gasteiger partial charge in [0.15, 0.2) is 0 Å². The van der Waals surface area contributed by atoms with Crippen molar-refractivity contribution in [2.24, 2.45) is 5.84 Å². The van der Waals surface area contributed by atoms with Gasteiger partial charge in [-0.2, -0.15) is 0 Å². The average molecular weight is 180 g/mol. The fourth-order valence-corrected chi connectivity index (χ4v) is 0.852. The van der Waals surface area contributed by atoms with Gasteiger partial charge in [-0.15, -0.1) is 0 Å². The first-order chi connectivity index (χ1) is 6.27. The lowest BCUT2D eigenvalue weighted by Gasteiger charge is -2.00. The number of nitrogen functional groups attached to an aromatic ring is 1. The van der Waals surface area contributed by atoms with Crippen LogP contribution in [0.25, 0.3) is 0 Å². The van der Waals surface area contributed by atoms with Gasteiger partial charge in [-0.3, -0.25) is 5.84 Å². The van der Waals surface area contributed by atoms with Gasteiger partial charge < -0.3 is 10.5 Å². The number of hydrazine groups is 1. The summed E-state index contributed by atoms with van der Waals surface area (Å²) in [6.07, 6.45) is 0. The molecule has 0 aromatic heterocycles. The van der Waals surface area contributed by atoms with Gasteiger partial charge in [-0.25, -0.2) is 4.39 Å². The van der Waals surface area contributed by atoms with Crippen LogP contribution in [-0.4, -0.2) is 11.7 Å². The van der Waals surface area contributed by atoms with E-state index in [1.54, 1.807) is 6.07 Å². The Morgan fingerprint density at radius 2 is 2.31 bits per heavy atom. The number of aliphatic hydroxyl groups is 1. The fraction of sp³-hybridized carbons (Fsp3) is 0.111. The van der Waals surface area contributed by atoms with E-state index in [1.165, 1.54) is 12.1 Å². The maximum absolute atomic E-state index is 13.0. The second kappa shape index (κ2) is 4.45. The number of rotatable bonds is 1. The molecule has 0 amide bonds. The predicted octanol–water partition coefficient (Wildman–Crippen LogP) is 0.455. The van der Waals surface area contributed by atoms with Crippen molar-refractivity contribution in [2.45, 2.75) is 0 Å². The molecule has 0 aliphatic carbocycles. The topological polar surface area (TPSA) is 58.3 Å². The van der Waals surface area contributed by atoms with Crippen molar-refractivity contribution in [3.05, 3.63) is 29.6 Å². The van der Waals surface area contributed by atoms with Crippen molar-refractivity contribution in [1.29, 1.82) is 0 Å². The highest BCUT2D eigenvalue weighted by Crippen LogP contribution is 2.13. The Balaban J connectivity index is 2.96. The van der Waals surface area contributed by atoms with Crippen molar-refractivity contribution >= 4 is 5.69 Å². The Hall–Kier alpha value is -1.57. The second-order valence-electron chi connectivity index (χ2n) is 2.30. The molecule has 4 N–H and O–H groups in total. The van der Waals surface area contributed by atoms with Crippen LogP contribution in [0, 0.1) is 17.7 Å². The molecule has 1 aromatic rings. The van der Waals surface area contributed by atoms with Crippen molar-refractivity contribution in [3.63, 3.8) is 0 Å². The Kier molecular flexibility index (Phi) is 3.26. The highest BCUT2D eigenvalue weighted by atomic mass is 19.1. The molecule has 0 spiro atoms. The Bertz CT molecular complexity index is 354. The van der Waals surface area contributed by atoms with Crippen LogP contribution in [0.4, 0.5) is 10.1 Å². The molecule has 0 aliphatic rings. The van der Waals surface area contributed by atoms with Crippen LogP contribution in [0.15, 0.2) is 18.2 Å². The molecule has 0 saturated carbocycles. The smallest absolute Gasteiger partial charge is 0.148 e. The summed E-state index contributed by atoms with van der Waals surface area (Å²) in [5.41, 5.74) is 2.93. The standard InChI is InChI=1S/C9H9FN2O/c10-8-6-7(2-1-5-13)3-4-9(8)12-11/h3-4,6,12-13H,5,11H2. The van der Waals surface area contributed by atoms with Crippen LogP contribution < -0.4 is 11.3 Å². The number of halogens is 1. The lowest BCUT2D eigenvalue weighted by molar-refractivity contribution is 0.350. The third-order valence-corrected chi connectivity index (χ3v) is 1.44. The number of benzene rings is 1. The van der Waals surface area contributed by atoms with Gasteiger partial charge in [0, 0.05) is 5.56 Å². The van der Waals surface area contributed by atoms with Gasteiger partial charge in [0.1, 0.15) is 12.4 Å². The number of nitrogens with one attached hydrogen (secondary N) is 1. The molecule has 0 aliphatic heterocycles. The van der Waals surface area contributed by atoms with E-state index in [-0.39, 0.29) is 12.3 Å². The summed E-state index contributed by atoms with van der Waals surface area (Å²) >= 11 is 0. The van der Waals surface area contributed by atoms with E-state index in [4.69, 9.17) is 10.9 Å². The molecule has 3 nitrogen and oxygen atoms in total. The summed E-state index contributed by atoms with van der Waals surface area (Å²) in [5, 5.41) is 8.40. The van der Waals surface area contributed by atoms with Crippen molar-refractivity contribution in [3.8, 4) is 11.8 Å². The van der Waals surface area contributed by atoms with E-state index >= 15 is 0 Å². The molecular formula is C9H9FN2O. The molecule has 0 fully saturated rings. The van der Waals surface area contributed by atoms with Crippen LogP contribution in [0.2, 0.25) is 0 Å². The SMILES string of the molecule is NNc1ccc(C#CCO)cc1F. The highest BCUT2D eigenvalue weighted by molar-refractivity contribution is 5.48. The zero-order valence-corrected chi connectivity index (χ0v) is 6.84. The molecule has 1 rings (SSSR count). The van der Waals surface area contributed by atoms with E-state index in [9.17, 15) is 4.39 Å². The third kappa shape index (κ3) is 2.44. The zero-order chi connectivity index (χ0) is 9.68. The Morgan fingerprint density at radius 1 is 1.54 bits per heavy atom. The minimum absolute atomic E-state index is 0.217. The van der Waals surface area contributed by atoms with Gasteiger partial charge >= 0.3 is 0 Å². The van der Waals surface area contributed by atoms with Crippen LogP contribution in [-0.2, 0) is 0 Å². The van der Waals surface area contributed by atoms with E-state index in [1.807, 2.05) is 0 Å². The zero-order valence-electron chi connectivity index (χ0n) is 6.84. The normalized spacial score (nSPS) is 8.85. The molecular weight excluding hydrogens is 171 g/mol. The number of hydrogen-bond donors (Lipinski definition) is 3. The summed E-state index contributed by atoms with van der Waals surface area (Å²) in [6, 6.07) is 4.34. The third-order valence-electron chi connectivity index (χ3n) is 1.44. The number of nitrogens with two attached hydrogens (primary N) is 1. The summed E-state index contributed by atoms with van der Waals surface area (Å²) in [7, 11) is 0. The second-order valence-corrected chi connectivity index (χ2v) is 2.30. The highest BCUT2D eigenvalue weighted by Gasteiger charge is 1.99. The maximum atomic E-state index is 13.0. The van der Waals surface area contributed by atoms with E-state index in [0.29, 0.717) is 5.56 Å². The number of anilines is 1. The van der Waals surface area contributed by atoms with Crippen molar-refractivity contribution in [2.75, 3.05) is 12.0 Å². The molecule has 0 heterocycles. The van der Waals surface area contributed by atoms with E-state index in [2.05, 4.69) is 17.3 Å². The van der Waals surface area contributed by atoms with Gasteiger partial charge in [-0.1, -0.05) is 11.8 Å². The largest absolute Gasteiger partial charge is 0.384 e. The summed E-state index contributed by atoms with van der Waals surface area (Å²) in [6.45, 7) is -0.238. The van der Waals surface area contributed by atoms with Crippen LogP contribution in [0.3, 0.4) is 0 Å². The van der Waals surface area contributed by atoms with Crippen molar-refractivity contribution in [1.82, 2.24) is 0 Å². The first-order valence-corrected chi connectivity index (χ1v) is 3.64. The summed E-state index contributed by atoms with van der Waals surface area (Å²) in [4.78, 5) is 0. The van der Waals surface area contributed by atoms with Gasteiger partial charge in [0.25, 0.3) is 0 Å². The van der Waals surface area contributed by atoms with Gasteiger partial charge in [0.05, 0.1) is 5.69 Å². The number of aliphatic hydroxyl groups excluding tert-OH is 1. The van der Waals surface area contributed by atoms with Crippen LogP contribution >= 0.6 is 0 Å². The molecule has 0 bridgehead atoms. The average Bonchev–Trinajstić information content (AvgIpc) is 2.15. The van der Waals surface area contributed by atoms with Gasteiger partial charge in [-0.05, 0) is 18.2 Å². The fourth-order valence-electron chi connectivity index (χ4n) is 0.852. The number of hydrogen-bond acceptors (Lipinski definition) is 3. The molecule has 0 unspecified atom stereocenters. The first-order valence-electron chi connectivity index (χ1n) is 3.64. The molecule has 68 valence electrons. The van der Waals surface area contributed by atoms with Gasteiger partial charge in [0.2, 0.25) is 0 Å². The quantitative estimate of drug-likeness (QED) is 0.334. The molecule has 4 heteroatoms. The Labute approximate surface area is 75.3 Å². The lowest BCUT2D eigenvalue weighted by atomic mass is 10.2. The molecule has 0 atom stereocenters. The van der Waals surface area contributed by atoms with Crippen LogP contribution in [0.5, 0.6) is 0 Å². The lowest BCUT2D eigenvalue weighted by Crippen LogP contribution is -2.08. The first kappa shape index (κ1) is 9.52. The van der Waals surface area contributed by atoms with E-state index < -0.39 is 5.82 Å². The maximum Gasteiger partial charge on any atom is 0.148 e. The summed E-state index contributed by atoms with van der Waals surface area (Å²) < 4.78 is 13.0. The minimum Gasteiger partial charge on any atom is -0.384 e. The molecule has 0 radical (unpaired) electrons. The summed E-state index contributed by atoms with van der Waals surface area (Å²) in [5.74, 6) is 9.56. The molecule has 13 heavy (non-hydrogen) atoms. The predicted molar refractivity (Wildman–Crippen MR) is 48.2 cm³/mol. The minimum atomic E-state index is -0.466. The molecule has 0 saturated heterocycles. The monoisotopic (exact) mass is 180 g/mol. The molecule has 1 aromatic carbocycles. The van der Waals surface area contributed by atoms with Crippen LogP contribution in [0.1, 0.15) is 5.56 Å². The van der Waals surface area contributed by atoms with Crippen molar-refractivity contribution < 1.29 is 9.50 Å².